The van der Waals surface area contributed by atoms with Crippen LogP contribution in [0.1, 0.15) is 98.3 Å². The van der Waals surface area contributed by atoms with E-state index in [9.17, 15) is 29.1 Å². The van der Waals surface area contributed by atoms with E-state index in [0.717, 1.165) is 44.9 Å². The van der Waals surface area contributed by atoms with Crippen LogP contribution in [-0.4, -0.2) is 114 Å². The normalized spacial score (nSPS) is 31.5. The van der Waals surface area contributed by atoms with Crippen molar-refractivity contribution >= 4 is 29.5 Å². The van der Waals surface area contributed by atoms with Gasteiger partial charge >= 0.3 is 0 Å². The number of amides is 5. The summed E-state index contributed by atoms with van der Waals surface area (Å²) in [4.78, 5) is 72.4. The van der Waals surface area contributed by atoms with Gasteiger partial charge in [-0.05, 0) is 82.0 Å². The molecule has 4 aliphatic rings. The first kappa shape index (κ1) is 38.0. The van der Waals surface area contributed by atoms with Crippen LogP contribution in [0.3, 0.4) is 0 Å². The molecule has 4 rings (SSSR count). The standard InChI is InChI=1S/C35H61N7O6/c1-21(2)16-27-31(45)40-29(25-10-7-6-8-11-25)33(47)38-26(19-36)30(44)39-28(23(4)43)32(46)37-14-15-42(22(3)34(48)41(27)5)20-24-17-35(18-24)12-9-13-35/h21-29,43H,6-20,36H2,1-5H3,(H,37,46)(H,38,47)(H,39,44)(H,40,45)/t22-,23-,26-,27-,28-,29?/m0/s1. The van der Waals surface area contributed by atoms with Gasteiger partial charge < -0.3 is 37.0 Å². The third-order valence-corrected chi connectivity index (χ3v) is 11.4. The second kappa shape index (κ2) is 16.8. The van der Waals surface area contributed by atoms with Gasteiger partial charge in [-0.15, -0.1) is 0 Å². The van der Waals surface area contributed by atoms with Crippen molar-refractivity contribution < 1.29 is 29.1 Å². The molecule has 1 spiro atoms. The van der Waals surface area contributed by atoms with Crippen LogP contribution >= 0.6 is 0 Å². The highest BCUT2D eigenvalue weighted by molar-refractivity contribution is 5.96. The molecule has 3 saturated carbocycles. The molecule has 272 valence electrons. The first-order valence-corrected chi connectivity index (χ1v) is 18.3. The summed E-state index contributed by atoms with van der Waals surface area (Å²) >= 11 is 0. The molecule has 0 radical (unpaired) electrons. The quantitative estimate of drug-likeness (QED) is 0.227. The number of hydrogen-bond donors (Lipinski definition) is 6. The lowest BCUT2D eigenvalue weighted by Gasteiger charge is -2.55. The van der Waals surface area contributed by atoms with E-state index in [1.807, 2.05) is 20.8 Å². The van der Waals surface area contributed by atoms with Crippen molar-refractivity contribution in [3.8, 4) is 0 Å². The maximum absolute atomic E-state index is 14.2. The number of likely N-dealkylation sites (N-methyl/N-ethyl adjacent to an activating group) is 1. The van der Waals surface area contributed by atoms with Crippen LogP contribution in [0.4, 0.5) is 0 Å². The first-order valence-electron chi connectivity index (χ1n) is 18.3. The molecule has 1 heterocycles. The first-order chi connectivity index (χ1) is 22.7. The van der Waals surface area contributed by atoms with Crippen LogP contribution in [0.5, 0.6) is 0 Å². The lowest BCUT2D eigenvalue weighted by molar-refractivity contribution is -0.145. The third-order valence-electron chi connectivity index (χ3n) is 11.4. The van der Waals surface area contributed by atoms with Crippen LogP contribution in [0.25, 0.3) is 0 Å². The number of aliphatic hydroxyl groups is 1. The SMILES string of the molecule is CC(C)C[C@H]1C(=O)NC(C2CCCCC2)C(=O)N[C@@H](CN)C(=O)N[C@@H]([C@H](C)O)C(=O)NCCN(CC2CC3(CCC3)C2)[C@@H](C)C(=O)N1C. The van der Waals surface area contributed by atoms with Gasteiger partial charge in [-0.3, -0.25) is 28.9 Å². The minimum Gasteiger partial charge on any atom is -0.391 e. The zero-order valence-corrected chi connectivity index (χ0v) is 29.8. The Kier molecular flexibility index (Phi) is 13.3. The van der Waals surface area contributed by atoms with Crippen LogP contribution in [0, 0.1) is 23.2 Å². The van der Waals surface area contributed by atoms with Crippen molar-refractivity contribution in [2.75, 3.05) is 33.2 Å². The summed E-state index contributed by atoms with van der Waals surface area (Å²) in [5.74, 6) is -2.01. The second-order valence-electron chi connectivity index (χ2n) is 15.6. The van der Waals surface area contributed by atoms with Gasteiger partial charge in [-0.1, -0.05) is 39.5 Å². The number of rotatable bonds is 7. The summed E-state index contributed by atoms with van der Waals surface area (Å²) in [6.45, 7) is 8.26. The number of aliphatic hydroxyl groups excluding tert-OH is 1. The van der Waals surface area contributed by atoms with Gasteiger partial charge in [-0.25, -0.2) is 0 Å². The van der Waals surface area contributed by atoms with Gasteiger partial charge in [0.25, 0.3) is 0 Å². The molecular formula is C35H61N7O6. The third kappa shape index (κ3) is 9.26. The molecule has 1 unspecified atom stereocenters. The average molecular weight is 676 g/mol. The number of nitrogens with one attached hydrogen (secondary N) is 4. The number of carbonyl (C=O) groups is 5. The highest BCUT2D eigenvalue weighted by Crippen LogP contribution is 2.58. The van der Waals surface area contributed by atoms with E-state index in [2.05, 4.69) is 26.2 Å². The van der Waals surface area contributed by atoms with E-state index in [1.165, 1.54) is 31.1 Å². The minimum atomic E-state index is -1.28. The average Bonchev–Trinajstić information content (AvgIpc) is 3.01. The van der Waals surface area contributed by atoms with Crippen LogP contribution in [0.15, 0.2) is 0 Å². The Hall–Kier alpha value is -2.77. The summed E-state index contributed by atoms with van der Waals surface area (Å²) in [7, 11) is 1.66. The number of carbonyl (C=O) groups excluding carboxylic acids is 5. The molecule has 3 aliphatic carbocycles. The summed E-state index contributed by atoms with van der Waals surface area (Å²) < 4.78 is 0. The molecule has 5 amide bonds. The van der Waals surface area contributed by atoms with Crippen molar-refractivity contribution in [1.82, 2.24) is 31.1 Å². The largest absolute Gasteiger partial charge is 0.391 e. The van der Waals surface area contributed by atoms with E-state index in [-0.39, 0.29) is 30.8 Å². The molecule has 6 atom stereocenters. The van der Waals surface area contributed by atoms with E-state index >= 15 is 0 Å². The van der Waals surface area contributed by atoms with Gasteiger partial charge in [0, 0.05) is 33.2 Å². The van der Waals surface area contributed by atoms with Crippen molar-refractivity contribution in [2.24, 2.45) is 28.9 Å². The van der Waals surface area contributed by atoms with Crippen molar-refractivity contribution in [2.45, 2.75) is 135 Å². The predicted molar refractivity (Wildman–Crippen MR) is 182 cm³/mol. The van der Waals surface area contributed by atoms with Crippen molar-refractivity contribution in [3.05, 3.63) is 0 Å². The Morgan fingerprint density at radius 3 is 2.12 bits per heavy atom. The fourth-order valence-corrected chi connectivity index (χ4v) is 8.34. The van der Waals surface area contributed by atoms with Gasteiger partial charge in [0.05, 0.1) is 12.1 Å². The zero-order valence-electron chi connectivity index (χ0n) is 29.8. The lowest BCUT2D eigenvalue weighted by Crippen LogP contribution is -2.63. The zero-order chi connectivity index (χ0) is 35.2. The molecule has 0 aromatic heterocycles. The Bertz CT molecular complexity index is 1150. The van der Waals surface area contributed by atoms with Crippen LogP contribution in [-0.2, 0) is 24.0 Å². The molecule has 0 bridgehead atoms. The Balaban J connectivity index is 1.65. The smallest absolute Gasteiger partial charge is 0.245 e. The van der Waals surface area contributed by atoms with E-state index in [0.29, 0.717) is 30.8 Å². The Morgan fingerprint density at radius 2 is 1.56 bits per heavy atom. The molecule has 7 N–H and O–H groups in total. The molecule has 1 aliphatic heterocycles. The van der Waals surface area contributed by atoms with Crippen LogP contribution in [0.2, 0.25) is 0 Å². The molecule has 13 nitrogen and oxygen atoms in total. The number of nitrogens with zero attached hydrogens (tertiary/aromatic N) is 2. The van der Waals surface area contributed by atoms with Gasteiger partial charge in [-0.2, -0.15) is 0 Å². The topological polar surface area (TPSA) is 186 Å². The highest BCUT2D eigenvalue weighted by Gasteiger charge is 2.49. The lowest BCUT2D eigenvalue weighted by atomic mass is 9.52. The molecular weight excluding hydrogens is 614 g/mol. The predicted octanol–water partition coefficient (Wildman–Crippen LogP) is 0.634. The Labute approximate surface area is 286 Å². The fraction of sp³-hybridized carbons (Fsp3) is 0.857. The molecule has 0 aromatic rings. The fourth-order valence-electron chi connectivity index (χ4n) is 8.34. The molecule has 1 saturated heterocycles. The molecule has 13 heteroatoms. The monoisotopic (exact) mass is 675 g/mol. The summed E-state index contributed by atoms with van der Waals surface area (Å²) in [5.41, 5.74) is 6.40. The van der Waals surface area contributed by atoms with E-state index in [4.69, 9.17) is 5.73 Å². The maximum atomic E-state index is 14.2. The highest BCUT2D eigenvalue weighted by atomic mass is 16.3. The van der Waals surface area contributed by atoms with Crippen molar-refractivity contribution in [1.29, 1.82) is 0 Å². The van der Waals surface area contributed by atoms with Crippen molar-refractivity contribution in [3.63, 3.8) is 0 Å². The summed E-state index contributed by atoms with van der Waals surface area (Å²) in [6.07, 6.45) is 9.60. The minimum absolute atomic E-state index is 0.0956. The summed E-state index contributed by atoms with van der Waals surface area (Å²) in [6, 6.07) is -4.78. The molecule has 48 heavy (non-hydrogen) atoms. The number of hydrogen-bond acceptors (Lipinski definition) is 8. The Morgan fingerprint density at radius 1 is 0.896 bits per heavy atom. The van der Waals surface area contributed by atoms with Gasteiger partial charge in [0.15, 0.2) is 0 Å². The van der Waals surface area contributed by atoms with Crippen LogP contribution < -0.4 is 27.0 Å². The van der Waals surface area contributed by atoms with Gasteiger partial charge in [0.1, 0.15) is 24.2 Å². The maximum Gasteiger partial charge on any atom is 0.245 e. The molecule has 0 aromatic carbocycles. The number of nitrogens with two attached hydrogens (primary N) is 1. The summed E-state index contributed by atoms with van der Waals surface area (Å²) in [5, 5.41) is 21.6. The van der Waals surface area contributed by atoms with E-state index in [1.54, 1.807) is 7.05 Å². The van der Waals surface area contributed by atoms with Gasteiger partial charge in [0.2, 0.25) is 29.5 Å². The molecule has 4 fully saturated rings. The second-order valence-corrected chi connectivity index (χ2v) is 15.6. The van der Waals surface area contributed by atoms with E-state index < -0.39 is 59.9 Å².